The van der Waals surface area contributed by atoms with E-state index >= 15 is 0 Å². The highest BCUT2D eigenvalue weighted by atomic mass is 35.5. The Balaban J connectivity index is 1.55. The molecule has 0 atom stereocenters. The Morgan fingerprint density at radius 2 is 1.96 bits per heavy atom. The molecule has 4 rings (SSSR count). The predicted molar refractivity (Wildman–Crippen MR) is 107 cm³/mol. The largest absolute Gasteiger partial charge is 0.328 e. The van der Waals surface area contributed by atoms with Crippen LogP contribution in [0.1, 0.15) is 6.42 Å². The summed E-state index contributed by atoms with van der Waals surface area (Å²) in [6, 6.07) is 12.6. The molecule has 0 saturated heterocycles. The van der Waals surface area contributed by atoms with Gasteiger partial charge < -0.3 is 5.32 Å². The topological polar surface area (TPSA) is 86.7 Å². The first-order valence-electron chi connectivity index (χ1n) is 8.63. The van der Waals surface area contributed by atoms with Gasteiger partial charge in [-0.1, -0.05) is 23.7 Å². The van der Waals surface area contributed by atoms with Crippen LogP contribution >= 0.6 is 11.6 Å². The number of nitrogens with zero attached hydrogens (tertiary/aromatic N) is 5. The van der Waals surface area contributed by atoms with Crippen LogP contribution in [0.4, 0.5) is 5.69 Å². The summed E-state index contributed by atoms with van der Waals surface area (Å²) >= 11 is 6.08. The van der Waals surface area contributed by atoms with E-state index in [1.54, 1.807) is 39.1 Å². The number of rotatable bonds is 5. The summed E-state index contributed by atoms with van der Waals surface area (Å²) in [4.78, 5) is 28.9. The van der Waals surface area contributed by atoms with Gasteiger partial charge in [-0.25, -0.2) is 14.5 Å². The van der Waals surface area contributed by atoms with Gasteiger partial charge in [0.15, 0.2) is 0 Å². The van der Waals surface area contributed by atoms with Crippen LogP contribution in [-0.4, -0.2) is 29.8 Å². The summed E-state index contributed by atoms with van der Waals surface area (Å²) in [5.41, 5.74) is 2.65. The van der Waals surface area contributed by atoms with Gasteiger partial charge in [-0.2, -0.15) is 5.10 Å². The number of aryl methyl sites for hydroxylation is 2. The average molecular weight is 397 g/mol. The number of benzene rings is 2. The molecule has 142 valence electrons. The molecule has 2 aromatic carbocycles. The minimum Gasteiger partial charge on any atom is -0.324 e. The third kappa shape index (κ3) is 3.29. The van der Waals surface area contributed by atoms with E-state index in [1.165, 1.54) is 12.7 Å². The Labute approximate surface area is 165 Å². The van der Waals surface area contributed by atoms with Crippen molar-refractivity contribution in [3.63, 3.8) is 0 Å². The zero-order valence-corrected chi connectivity index (χ0v) is 15.8. The van der Waals surface area contributed by atoms with Crippen LogP contribution in [0.3, 0.4) is 0 Å². The van der Waals surface area contributed by atoms with Crippen molar-refractivity contribution in [1.82, 2.24) is 23.9 Å². The van der Waals surface area contributed by atoms with Gasteiger partial charge in [-0.05, 0) is 30.3 Å². The zero-order chi connectivity index (χ0) is 19.7. The minimum atomic E-state index is -0.233. The Morgan fingerprint density at radius 3 is 2.71 bits per heavy atom. The number of nitrogens with one attached hydrogen (secondary N) is 1. The van der Waals surface area contributed by atoms with Gasteiger partial charge in [0.1, 0.15) is 12.7 Å². The highest BCUT2D eigenvalue weighted by Crippen LogP contribution is 2.24. The number of anilines is 1. The fourth-order valence-electron chi connectivity index (χ4n) is 3.15. The van der Waals surface area contributed by atoms with Gasteiger partial charge in [0, 0.05) is 25.0 Å². The van der Waals surface area contributed by atoms with Crippen molar-refractivity contribution in [3.8, 4) is 5.69 Å². The SMILES string of the molecule is Cn1c(=O)n(CCC(=O)Nc2cc(Cl)ccc2-n2cncn2)c2ccccc21. The summed E-state index contributed by atoms with van der Waals surface area (Å²) in [7, 11) is 1.72. The number of hydrogen-bond donors (Lipinski definition) is 1. The second kappa shape index (κ2) is 7.32. The van der Waals surface area contributed by atoms with E-state index in [9.17, 15) is 9.59 Å². The van der Waals surface area contributed by atoms with E-state index in [4.69, 9.17) is 11.6 Å². The molecule has 0 aliphatic heterocycles. The van der Waals surface area contributed by atoms with Crippen LogP contribution in [0, 0.1) is 0 Å². The maximum Gasteiger partial charge on any atom is 0.328 e. The molecule has 0 radical (unpaired) electrons. The van der Waals surface area contributed by atoms with Gasteiger partial charge in [-0.15, -0.1) is 0 Å². The second-order valence-electron chi connectivity index (χ2n) is 6.28. The van der Waals surface area contributed by atoms with Crippen molar-refractivity contribution >= 4 is 34.2 Å². The lowest BCUT2D eigenvalue weighted by atomic mass is 10.2. The number of hydrogen-bond acceptors (Lipinski definition) is 4. The van der Waals surface area contributed by atoms with E-state index < -0.39 is 0 Å². The van der Waals surface area contributed by atoms with Crippen LogP contribution in [-0.2, 0) is 18.4 Å². The summed E-state index contributed by atoms with van der Waals surface area (Å²) < 4.78 is 4.72. The number of halogens is 1. The van der Waals surface area contributed by atoms with E-state index in [2.05, 4.69) is 15.4 Å². The molecule has 1 N–H and O–H groups in total. The third-order valence-corrected chi connectivity index (χ3v) is 4.75. The molecule has 0 aliphatic rings. The molecule has 0 saturated carbocycles. The van der Waals surface area contributed by atoms with Gasteiger partial charge in [0.2, 0.25) is 5.91 Å². The van der Waals surface area contributed by atoms with Crippen molar-refractivity contribution in [3.05, 3.63) is 70.6 Å². The maximum atomic E-state index is 12.6. The van der Waals surface area contributed by atoms with E-state index in [-0.39, 0.29) is 24.6 Å². The highest BCUT2D eigenvalue weighted by Gasteiger charge is 2.13. The lowest BCUT2D eigenvalue weighted by molar-refractivity contribution is -0.116. The van der Waals surface area contributed by atoms with Crippen LogP contribution < -0.4 is 11.0 Å². The zero-order valence-electron chi connectivity index (χ0n) is 15.0. The Morgan fingerprint density at radius 1 is 1.18 bits per heavy atom. The van der Waals surface area contributed by atoms with E-state index in [1.807, 2.05) is 24.3 Å². The molecule has 2 aromatic heterocycles. The third-order valence-electron chi connectivity index (χ3n) is 4.51. The van der Waals surface area contributed by atoms with Crippen LogP contribution in [0.25, 0.3) is 16.7 Å². The summed E-state index contributed by atoms with van der Waals surface area (Å²) in [6.45, 7) is 0.269. The monoisotopic (exact) mass is 396 g/mol. The Kier molecular flexibility index (Phi) is 4.70. The van der Waals surface area contributed by atoms with Crippen molar-refractivity contribution < 1.29 is 4.79 Å². The summed E-state index contributed by atoms with van der Waals surface area (Å²) in [6.07, 6.45) is 3.08. The van der Waals surface area contributed by atoms with E-state index in [0.717, 1.165) is 11.0 Å². The van der Waals surface area contributed by atoms with Gasteiger partial charge in [0.25, 0.3) is 0 Å². The molecule has 0 aliphatic carbocycles. The number of para-hydroxylation sites is 2. The predicted octanol–water partition coefficient (Wildman–Crippen LogP) is 2.60. The smallest absolute Gasteiger partial charge is 0.324 e. The lowest BCUT2D eigenvalue weighted by Gasteiger charge is -2.11. The maximum absolute atomic E-state index is 12.6. The lowest BCUT2D eigenvalue weighted by Crippen LogP contribution is -2.24. The average Bonchev–Trinajstić information content (AvgIpc) is 3.29. The van der Waals surface area contributed by atoms with Crippen LogP contribution in [0.2, 0.25) is 5.02 Å². The number of carbonyl (C=O) groups is 1. The molecular weight excluding hydrogens is 380 g/mol. The molecule has 8 nitrogen and oxygen atoms in total. The first-order chi connectivity index (χ1) is 13.5. The highest BCUT2D eigenvalue weighted by molar-refractivity contribution is 6.31. The fraction of sp³-hybridized carbons (Fsp3) is 0.158. The fourth-order valence-corrected chi connectivity index (χ4v) is 3.32. The first kappa shape index (κ1) is 18.0. The second-order valence-corrected chi connectivity index (χ2v) is 6.72. The molecule has 0 spiro atoms. The Hall–Kier alpha value is -3.39. The quantitative estimate of drug-likeness (QED) is 0.561. The van der Waals surface area contributed by atoms with Gasteiger partial charge >= 0.3 is 5.69 Å². The summed E-state index contributed by atoms with van der Waals surface area (Å²) in [5, 5.41) is 7.43. The van der Waals surface area contributed by atoms with Crippen LogP contribution in [0.15, 0.2) is 59.9 Å². The summed E-state index contributed by atoms with van der Waals surface area (Å²) in [5.74, 6) is -0.233. The molecule has 28 heavy (non-hydrogen) atoms. The number of fused-ring (bicyclic) bond motifs is 1. The van der Waals surface area contributed by atoms with Crippen molar-refractivity contribution in [2.45, 2.75) is 13.0 Å². The number of aromatic nitrogens is 5. The molecule has 0 fully saturated rings. The molecule has 1 amide bonds. The van der Waals surface area contributed by atoms with Gasteiger partial charge in [0.05, 0.1) is 22.4 Å². The van der Waals surface area contributed by atoms with Crippen molar-refractivity contribution in [1.29, 1.82) is 0 Å². The number of carbonyl (C=O) groups excluding carboxylic acids is 1. The minimum absolute atomic E-state index is 0.136. The number of imidazole rings is 1. The molecule has 4 aromatic rings. The van der Waals surface area contributed by atoms with Crippen molar-refractivity contribution in [2.75, 3.05) is 5.32 Å². The molecule has 0 bridgehead atoms. The molecule has 9 heteroatoms. The van der Waals surface area contributed by atoms with E-state index in [0.29, 0.717) is 16.4 Å². The molecule has 0 unspecified atom stereocenters. The molecule has 2 heterocycles. The normalized spacial score (nSPS) is 11.1. The van der Waals surface area contributed by atoms with Crippen LogP contribution in [0.5, 0.6) is 0 Å². The molecular formula is C19H17ClN6O2. The first-order valence-corrected chi connectivity index (χ1v) is 9.01. The standard InChI is InChI=1S/C19H17ClN6O2/c1-24-16-4-2-3-5-17(16)25(19(24)28)9-8-18(27)23-14-10-13(20)6-7-15(14)26-12-21-11-22-26/h2-7,10-12H,8-9H2,1H3,(H,23,27). The van der Waals surface area contributed by atoms with Crippen molar-refractivity contribution in [2.24, 2.45) is 7.05 Å². The van der Waals surface area contributed by atoms with Gasteiger partial charge in [-0.3, -0.25) is 13.9 Å². The Bertz CT molecular complexity index is 1210. The number of amides is 1.